The van der Waals surface area contributed by atoms with Gasteiger partial charge in [0, 0.05) is 19.6 Å². The van der Waals surface area contributed by atoms with E-state index in [9.17, 15) is 9.59 Å². The highest BCUT2D eigenvalue weighted by atomic mass is 16.5. The zero-order valence-corrected chi connectivity index (χ0v) is 10.8. The first-order valence-electron chi connectivity index (χ1n) is 6.47. The Balaban J connectivity index is 2.12. The molecule has 104 valence electrons. The minimum atomic E-state index is -0.846. The Morgan fingerprint density at radius 2 is 2.22 bits per heavy atom. The first-order chi connectivity index (χ1) is 8.59. The third-order valence-corrected chi connectivity index (χ3v) is 2.98. The average Bonchev–Trinajstić information content (AvgIpc) is 2.35. The van der Waals surface area contributed by atoms with Gasteiger partial charge >= 0.3 is 12.0 Å². The minimum Gasteiger partial charge on any atom is -0.481 e. The van der Waals surface area contributed by atoms with E-state index in [-0.39, 0.29) is 24.6 Å². The van der Waals surface area contributed by atoms with Gasteiger partial charge in [0.1, 0.15) is 0 Å². The summed E-state index contributed by atoms with van der Waals surface area (Å²) in [7, 11) is 0. The first kappa shape index (κ1) is 14.8. The van der Waals surface area contributed by atoms with Crippen molar-refractivity contribution in [3.8, 4) is 0 Å². The normalized spacial score (nSPS) is 21.1. The quantitative estimate of drug-likeness (QED) is 0.623. The predicted molar refractivity (Wildman–Crippen MR) is 66.5 cm³/mol. The molecule has 0 aromatic rings. The number of nitrogens with one attached hydrogen (secondary N) is 2. The van der Waals surface area contributed by atoms with Crippen LogP contribution in [0.4, 0.5) is 4.79 Å². The molecule has 0 bridgehead atoms. The van der Waals surface area contributed by atoms with Gasteiger partial charge in [0.2, 0.25) is 0 Å². The molecule has 6 heteroatoms. The van der Waals surface area contributed by atoms with Crippen LogP contribution < -0.4 is 10.6 Å². The van der Waals surface area contributed by atoms with Crippen LogP contribution in [0, 0.1) is 0 Å². The van der Waals surface area contributed by atoms with E-state index in [1.54, 1.807) is 0 Å². The van der Waals surface area contributed by atoms with Crippen LogP contribution in [0.1, 0.15) is 39.0 Å². The molecule has 0 aromatic carbocycles. The summed E-state index contributed by atoms with van der Waals surface area (Å²) < 4.78 is 5.58. The molecule has 0 spiro atoms. The first-order valence-corrected chi connectivity index (χ1v) is 6.47. The number of carbonyl (C=O) groups excluding carboxylic acids is 1. The Hall–Kier alpha value is -1.30. The second-order valence-corrected chi connectivity index (χ2v) is 4.59. The molecule has 1 heterocycles. The Morgan fingerprint density at radius 1 is 1.44 bits per heavy atom. The summed E-state index contributed by atoms with van der Waals surface area (Å²) >= 11 is 0. The Kier molecular flexibility index (Phi) is 6.49. The highest BCUT2D eigenvalue weighted by molar-refractivity contribution is 5.74. The molecule has 2 amide bonds. The number of carboxylic acid groups (broad SMARTS) is 1. The molecular formula is C12H22N2O4. The van der Waals surface area contributed by atoms with Gasteiger partial charge in [-0.2, -0.15) is 0 Å². The number of carboxylic acids is 1. The van der Waals surface area contributed by atoms with Crippen LogP contribution in [0.15, 0.2) is 0 Å². The van der Waals surface area contributed by atoms with E-state index < -0.39 is 5.97 Å². The molecule has 1 fully saturated rings. The van der Waals surface area contributed by atoms with Crippen molar-refractivity contribution in [3.05, 3.63) is 0 Å². The second kappa shape index (κ2) is 7.92. The fourth-order valence-corrected chi connectivity index (χ4v) is 1.95. The number of rotatable bonds is 6. The highest BCUT2D eigenvalue weighted by Gasteiger charge is 2.21. The molecule has 0 radical (unpaired) electrons. The SMILES string of the molecule is CC(NC(=O)NCCCC(=O)O)C1CCCCO1. The van der Waals surface area contributed by atoms with Crippen LogP contribution >= 0.6 is 0 Å². The molecule has 0 aliphatic carbocycles. The van der Waals surface area contributed by atoms with Crippen LogP contribution in [0.5, 0.6) is 0 Å². The van der Waals surface area contributed by atoms with Gasteiger partial charge in [-0.15, -0.1) is 0 Å². The van der Waals surface area contributed by atoms with Crippen molar-refractivity contribution in [3.63, 3.8) is 0 Å². The number of aliphatic carboxylic acids is 1. The van der Waals surface area contributed by atoms with E-state index in [0.29, 0.717) is 13.0 Å². The summed E-state index contributed by atoms with van der Waals surface area (Å²) in [4.78, 5) is 21.8. The zero-order valence-electron chi connectivity index (χ0n) is 10.8. The molecule has 1 rings (SSSR count). The van der Waals surface area contributed by atoms with Gasteiger partial charge in [-0.1, -0.05) is 0 Å². The number of amides is 2. The van der Waals surface area contributed by atoms with Crippen LogP contribution in [0.2, 0.25) is 0 Å². The molecule has 1 aliphatic rings. The summed E-state index contributed by atoms with van der Waals surface area (Å²) in [6.45, 7) is 3.06. The largest absolute Gasteiger partial charge is 0.481 e. The average molecular weight is 258 g/mol. The summed E-state index contributed by atoms with van der Waals surface area (Å²) in [5.41, 5.74) is 0. The Labute approximate surface area is 107 Å². The lowest BCUT2D eigenvalue weighted by molar-refractivity contribution is -0.137. The van der Waals surface area contributed by atoms with Crippen molar-refractivity contribution in [2.45, 2.75) is 51.2 Å². The lowest BCUT2D eigenvalue weighted by atomic mass is 10.0. The number of ether oxygens (including phenoxy) is 1. The lowest BCUT2D eigenvalue weighted by Crippen LogP contribution is -2.47. The molecular weight excluding hydrogens is 236 g/mol. The molecule has 3 N–H and O–H groups in total. The van der Waals surface area contributed by atoms with Gasteiger partial charge in [0.25, 0.3) is 0 Å². The van der Waals surface area contributed by atoms with Crippen molar-refractivity contribution < 1.29 is 19.4 Å². The monoisotopic (exact) mass is 258 g/mol. The predicted octanol–water partition coefficient (Wildman–Crippen LogP) is 1.11. The van der Waals surface area contributed by atoms with Crippen LogP contribution in [0.3, 0.4) is 0 Å². The number of hydrogen-bond donors (Lipinski definition) is 3. The van der Waals surface area contributed by atoms with Gasteiger partial charge < -0.3 is 20.5 Å². The zero-order chi connectivity index (χ0) is 13.4. The summed E-state index contributed by atoms with van der Waals surface area (Å²) in [5, 5.41) is 13.9. The summed E-state index contributed by atoms with van der Waals surface area (Å²) in [6.07, 6.45) is 3.80. The van der Waals surface area contributed by atoms with Crippen molar-refractivity contribution in [2.75, 3.05) is 13.2 Å². The van der Waals surface area contributed by atoms with Crippen LogP contribution in [0.25, 0.3) is 0 Å². The summed E-state index contributed by atoms with van der Waals surface area (Å²) in [6, 6.07) is -0.285. The van der Waals surface area contributed by atoms with Gasteiger partial charge in [0.05, 0.1) is 12.1 Å². The third-order valence-electron chi connectivity index (χ3n) is 2.98. The fourth-order valence-electron chi connectivity index (χ4n) is 1.95. The van der Waals surface area contributed by atoms with Crippen molar-refractivity contribution in [1.82, 2.24) is 10.6 Å². The Morgan fingerprint density at radius 3 is 2.83 bits per heavy atom. The standard InChI is InChI=1S/C12H22N2O4/c1-9(10-5-2-3-8-18-10)14-12(17)13-7-4-6-11(15)16/h9-10H,2-8H2,1H3,(H,15,16)(H2,13,14,17). The third kappa shape index (κ3) is 5.86. The van der Waals surface area contributed by atoms with Crippen molar-refractivity contribution in [1.29, 1.82) is 0 Å². The molecule has 0 aromatic heterocycles. The second-order valence-electron chi connectivity index (χ2n) is 4.59. The summed E-state index contributed by atoms with van der Waals surface area (Å²) in [5.74, 6) is -0.846. The van der Waals surface area contributed by atoms with Gasteiger partial charge in [-0.25, -0.2) is 4.79 Å². The Bertz CT molecular complexity index is 277. The molecule has 6 nitrogen and oxygen atoms in total. The van der Waals surface area contributed by atoms with Crippen molar-refractivity contribution in [2.24, 2.45) is 0 Å². The number of carbonyl (C=O) groups is 2. The van der Waals surface area contributed by atoms with E-state index >= 15 is 0 Å². The van der Waals surface area contributed by atoms with Crippen molar-refractivity contribution >= 4 is 12.0 Å². The molecule has 0 saturated carbocycles. The smallest absolute Gasteiger partial charge is 0.315 e. The van der Waals surface area contributed by atoms with Crippen LogP contribution in [-0.4, -0.2) is 42.4 Å². The topological polar surface area (TPSA) is 87.7 Å². The lowest BCUT2D eigenvalue weighted by Gasteiger charge is -2.28. The fraction of sp³-hybridized carbons (Fsp3) is 0.833. The van der Waals surface area contributed by atoms with Gasteiger partial charge in [0.15, 0.2) is 0 Å². The van der Waals surface area contributed by atoms with Gasteiger partial charge in [-0.05, 0) is 32.6 Å². The van der Waals surface area contributed by atoms with E-state index in [4.69, 9.17) is 9.84 Å². The maximum Gasteiger partial charge on any atom is 0.315 e. The highest BCUT2D eigenvalue weighted by Crippen LogP contribution is 2.15. The van der Waals surface area contributed by atoms with E-state index in [2.05, 4.69) is 10.6 Å². The van der Waals surface area contributed by atoms with E-state index in [0.717, 1.165) is 25.9 Å². The van der Waals surface area contributed by atoms with Gasteiger partial charge in [-0.3, -0.25) is 4.79 Å². The van der Waals surface area contributed by atoms with E-state index in [1.807, 2.05) is 6.92 Å². The molecule has 18 heavy (non-hydrogen) atoms. The molecule has 1 aliphatic heterocycles. The maximum absolute atomic E-state index is 11.5. The van der Waals surface area contributed by atoms with E-state index in [1.165, 1.54) is 0 Å². The minimum absolute atomic E-state index is 0.0234. The van der Waals surface area contributed by atoms with Crippen LogP contribution in [-0.2, 0) is 9.53 Å². The molecule has 1 saturated heterocycles. The number of urea groups is 1. The number of hydrogen-bond acceptors (Lipinski definition) is 3. The molecule has 2 unspecified atom stereocenters. The maximum atomic E-state index is 11.5. The molecule has 2 atom stereocenters.